The molecule has 0 saturated carbocycles. The minimum atomic E-state index is -0.347. The lowest BCUT2D eigenvalue weighted by molar-refractivity contribution is 0.0607. The largest absolute Gasteiger partial charge is 0.465 e. The highest BCUT2D eigenvalue weighted by atomic mass is 32.1. The first-order valence-electron chi connectivity index (χ1n) is 6.10. The number of methoxy groups -OCH3 is 1. The van der Waals surface area contributed by atoms with Gasteiger partial charge in [-0.1, -0.05) is 19.9 Å². The molecule has 0 fully saturated rings. The second-order valence-electron chi connectivity index (χ2n) is 5.48. The van der Waals surface area contributed by atoms with Crippen LogP contribution in [0.1, 0.15) is 47.7 Å². The maximum absolute atomic E-state index is 11.5. The Bertz CT molecular complexity index is 500. The van der Waals surface area contributed by atoms with E-state index >= 15 is 0 Å². The Labute approximate surface area is 112 Å². The number of allylic oxidation sites excluding steroid dienone is 2. The fourth-order valence-electron chi connectivity index (χ4n) is 2.12. The number of anilines is 1. The van der Waals surface area contributed by atoms with E-state index in [1.807, 2.05) is 6.07 Å². The highest BCUT2D eigenvalue weighted by Crippen LogP contribution is 2.41. The van der Waals surface area contributed by atoms with Gasteiger partial charge in [0.1, 0.15) is 4.88 Å². The molecular weight excluding hydrogens is 246 g/mol. The molecule has 1 aromatic rings. The molecule has 0 spiro atoms. The lowest BCUT2D eigenvalue weighted by Gasteiger charge is -2.28. The molecule has 2 rings (SSSR count). The number of hydrogen-bond acceptors (Lipinski definition) is 4. The quantitative estimate of drug-likeness (QED) is 0.829. The third kappa shape index (κ3) is 2.58. The number of carbonyl (C=O) groups excluding carboxylic acids is 1. The molecule has 1 aromatic heterocycles. The van der Waals surface area contributed by atoms with Crippen LogP contribution in [0.2, 0.25) is 0 Å². The SMILES string of the molecule is COC(=O)c1sc(C2=CCC(C)(C)CC2)cc1N. The summed E-state index contributed by atoms with van der Waals surface area (Å²) in [5.41, 5.74) is 8.07. The molecule has 2 N–H and O–H groups in total. The zero-order valence-corrected chi connectivity index (χ0v) is 11.9. The Morgan fingerprint density at radius 3 is 2.78 bits per heavy atom. The molecule has 1 aliphatic carbocycles. The van der Waals surface area contributed by atoms with E-state index in [2.05, 4.69) is 19.9 Å². The lowest BCUT2D eigenvalue weighted by Crippen LogP contribution is -2.13. The molecule has 4 heteroatoms. The van der Waals surface area contributed by atoms with Gasteiger partial charge in [-0.25, -0.2) is 4.79 Å². The van der Waals surface area contributed by atoms with Crippen LogP contribution < -0.4 is 5.73 Å². The van der Waals surface area contributed by atoms with Crippen LogP contribution in [0.4, 0.5) is 5.69 Å². The van der Waals surface area contributed by atoms with Gasteiger partial charge in [-0.2, -0.15) is 0 Å². The Hall–Kier alpha value is -1.29. The summed E-state index contributed by atoms with van der Waals surface area (Å²) in [5.74, 6) is -0.347. The Morgan fingerprint density at radius 2 is 2.22 bits per heavy atom. The summed E-state index contributed by atoms with van der Waals surface area (Å²) >= 11 is 1.43. The Kier molecular flexibility index (Phi) is 3.48. The van der Waals surface area contributed by atoms with Gasteiger partial charge >= 0.3 is 5.97 Å². The van der Waals surface area contributed by atoms with E-state index in [-0.39, 0.29) is 5.97 Å². The highest BCUT2D eigenvalue weighted by molar-refractivity contribution is 7.15. The standard InChI is InChI=1S/C14H19NO2S/c1-14(2)6-4-9(5-7-14)11-8-10(15)12(18-11)13(16)17-3/h4,8H,5-7,15H2,1-3H3. The molecule has 0 unspecified atom stereocenters. The molecule has 0 radical (unpaired) electrons. The first kappa shape index (κ1) is 13.1. The van der Waals surface area contributed by atoms with Crippen LogP contribution in [0.5, 0.6) is 0 Å². The predicted molar refractivity (Wildman–Crippen MR) is 75.7 cm³/mol. The van der Waals surface area contributed by atoms with Crippen LogP contribution in [0.3, 0.4) is 0 Å². The molecule has 98 valence electrons. The summed E-state index contributed by atoms with van der Waals surface area (Å²) in [4.78, 5) is 13.1. The molecule has 3 nitrogen and oxygen atoms in total. The van der Waals surface area contributed by atoms with Crippen LogP contribution >= 0.6 is 11.3 Å². The van der Waals surface area contributed by atoms with Crippen molar-refractivity contribution in [1.82, 2.24) is 0 Å². The molecule has 0 aromatic carbocycles. The molecule has 18 heavy (non-hydrogen) atoms. The molecule has 1 heterocycles. The van der Waals surface area contributed by atoms with Gasteiger partial charge < -0.3 is 10.5 Å². The van der Waals surface area contributed by atoms with Crippen LogP contribution in [-0.4, -0.2) is 13.1 Å². The maximum atomic E-state index is 11.5. The normalized spacial score (nSPS) is 18.3. The Morgan fingerprint density at radius 1 is 1.50 bits per heavy atom. The second kappa shape index (κ2) is 4.76. The van der Waals surface area contributed by atoms with E-state index in [0.717, 1.165) is 17.7 Å². The average molecular weight is 265 g/mol. The first-order chi connectivity index (χ1) is 8.43. The monoisotopic (exact) mass is 265 g/mol. The van der Waals surface area contributed by atoms with Crippen molar-refractivity contribution in [3.05, 3.63) is 21.9 Å². The fraction of sp³-hybridized carbons (Fsp3) is 0.500. The number of nitrogen functional groups attached to an aromatic ring is 1. The molecular formula is C14H19NO2S. The molecule has 0 aliphatic heterocycles. The van der Waals surface area contributed by atoms with Gasteiger partial charge in [0.25, 0.3) is 0 Å². The summed E-state index contributed by atoms with van der Waals surface area (Å²) in [6.45, 7) is 4.56. The van der Waals surface area contributed by atoms with Crippen molar-refractivity contribution < 1.29 is 9.53 Å². The van der Waals surface area contributed by atoms with Crippen molar-refractivity contribution in [2.75, 3.05) is 12.8 Å². The Balaban J connectivity index is 2.26. The minimum absolute atomic E-state index is 0.347. The average Bonchev–Trinajstić information content (AvgIpc) is 2.70. The maximum Gasteiger partial charge on any atom is 0.350 e. The van der Waals surface area contributed by atoms with Crippen molar-refractivity contribution in [2.24, 2.45) is 5.41 Å². The summed E-state index contributed by atoms with van der Waals surface area (Å²) in [6, 6.07) is 1.89. The number of thiophene rings is 1. The molecule has 0 amide bonds. The van der Waals surface area contributed by atoms with Gasteiger partial charge in [0.2, 0.25) is 0 Å². The van der Waals surface area contributed by atoms with Gasteiger partial charge in [-0.05, 0) is 36.3 Å². The second-order valence-corrected chi connectivity index (χ2v) is 6.54. The van der Waals surface area contributed by atoms with E-state index < -0.39 is 0 Å². The first-order valence-corrected chi connectivity index (χ1v) is 6.91. The lowest BCUT2D eigenvalue weighted by atomic mass is 9.78. The number of ether oxygens (including phenoxy) is 1. The van der Waals surface area contributed by atoms with Gasteiger partial charge in [-0.15, -0.1) is 11.3 Å². The molecule has 0 bridgehead atoms. The zero-order valence-electron chi connectivity index (χ0n) is 11.1. The van der Waals surface area contributed by atoms with Gasteiger partial charge in [0.15, 0.2) is 0 Å². The van der Waals surface area contributed by atoms with E-state index in [4.69, 9.17) is 10.5 Å². The topological polar surface area (TPSA) is 52.3 Å². The molecule has 1 aliphatic rings. The van der Waals surface area contributed by atoms with Crippen molar-refractivity contribution in [3.8, 4) is 0 Å². The third-order valence-corrected chi connectivity index (χ3v) is 4.63. The number of nitrogens with two attached hydrogens (primary N) is 1. The van der Waals surface area contributed by atoms with Crippen LogP contribution in [0.25, 0.3) is 5.57 Å². The van der Waals surface area contributed by atoms with E-state index in [1.165, 1.54) is 30.4 Å². The van der Waals surface area contributed by atoms with Gasteiger partial charge in [0.05, 0.1) is 12.8 Å². The van der Waals surface area contributed by atoms with Crippen LogP contribution in [-0.2, 0) is 4.74 Å². The minimum Gasteiger partial charge on any atom is -0.465 e. The van der Waals surface area contributed by atoms with Crippen molar-refractivity contribution in [2.45, 2.75) is 33.1 Å². The number of carbonyl (C=O) groups is 1. The van der Waals surface area contributed by atoms with Crippen LogP contribution in [0.15, 0.2) is 12.1 Å². The van der Waals surface area contributed by atoms with E-state index in [1.54, 1.807) is 0 Å². The molecule has 0 saturated heterocycles. The number of rotatable bonds is 2. The fourth-order valence-corrected chi connectivity index (χ4v) is 3.18. The zero-order chi connectivity index (χ0) is 13.3. The summed E-state index contributed by atoms with van der Waals surface area (Å²) in [7, 11) is 1.38. The summed E-state index contributed by atoms with van der Waals surface area (Å²) < 4.78 is 4.72. The number of hydrogen-bond donors (Lipinski definition) is 1. The van der Waals surface area contributed by atoms with Crippen molar-refractivity contribution in [1.29, 1.82) is 0 Å². The summed E-state index contributed by atoms with van der Waals surface area (Å²) in [6.07, 6.45) is 5.57. The third-order valence-electron chi connectivity index (χ3n) is 3.42. The molecule has 0 atom stereocenters. The van der Waals surface area contributed by atoms with Gasteiger partial charge in [-0.3, -0.25) is 0 Å². The van der Waals surface area contributed by atoms with Crippen molar-refractivity contribution >= 4 is 28.6 Å². The highest BCUT2D eigenvalue weighted by Gasteiger charge is 2.24. The van der Waals surface area contributed by atoms with E-state index in [9.17, 15) is 4.79 Å². The summed E-state index contributed by atoms with van der Waals surface area (Å²) in [5, 5.41) is 0. The van der Waals surface area contributed by atoms with E-state index in [0.29, 0.717) is 16.0 Å². The van der Waals surface area contributed by atoms with Crippen LogP contribution in [0, 0.1) is 5.41 Å². The van der Waals surface area contributed by atoms with Crippen molar-refractivity contribution in [3.63, 3.8) is 0 Å². The smallest absolute Gasteiger partial charge is 0.350 e. The predicted octanol–water partition coefficient (Wildman–Crippen LogP) is 3.71. The number of esters is 1. The van der Waals surface area contributed by atoms with Gasteiger partial charge in [0, 0.05) is 4.88 Å².